The fourth-order valence-electron chi connectivity index (χ4n) is 3.97. The third-order valence-corrected chi connectivity index (χ3v) is 5.47. The number of amides is 2. The van der Waals surface area contributed by atoms with Gasteiger partial charge in [0, 0.05) is 6.61 Å². The Balaban J connectivity index is 1.50. The van der Waals surface area contributed by atoms with E-state index in [-0.39, 0.29) is 30.6 Å². The molecule has 0 radical (unpaired) electrons. The van der Waals surface area contributed by atoms with Gasteiger partial charge < -0.3 is 9.47 Å². The molecule has 5 nitrogen and oxygen atoms in total. The van der Waals surface area contributed by atoms with Crippen molar-refractivity contribution in [2.75, 3.05) is 13.2 Å². The predicted molar refractivity (Wildman–Crippen MR) is 110 cm³/mol. The summed E-state index contributed by atoms with van der Waals surface area (Å²) in [5.41, 5.74) is 2.13. The summed E-state index contributed by atoms with van der Waals surface area (Å²) in [6.07, 6.45) is 5.11. The molecule has 2 aromatic rings. The Morgan fingerprint density at radius 2 is 1.79 bits per heavy atom. The summed E-state index contributed by atoms with van der Waals surface area (Å²) >= 11 is 0. The minimum absolute atomic E-state index is 0.198. The summed E-state index contributed by atoms with van der Waals surface area (Å²) in [6.45, 7) is 0.850. The van der Waals surface area contributed by atoms with E-state index in [0.29, 0.717) is 19.4 Å². The second-order valence-electron chi connectivity index (χ2n) is 7.48. The van der Waals surface area contributed by atoms with Crippen LogP contribution < -0.4 is 0 Å². The first-order valence-corrected chi connectivity index (χ1v) is 10.1. The Labute approximate surface area is 170 Å². The molecule has 29 heavy (non-hydrogen) atoms. The van der Waals surface area contributed by atoms with Crippen LogP contribution in [0.3, 0.4) is 0 Å². The van der Waals surface area contributed by atoms with Crippen LogP contribution in [0.2, 0.25) is 0 Å². The van der Waals surface area contributed by atoms with E-state index in [9.17, 15) is 9.59 Å². The molecular weight excluding hydrogens is 366 g/mol. The molecule has 4 rings (SSSR count). The monoisotopic (exact) mass is 391 g/mol. The molecule has 2 aromatic carbocycles. The van der Waals surface area contributed by atoms with E-state index in [1.165, 1.54) is 4.90 Å². The first-order valence-electron chi connectivity index (χ1n) is 10.1. The average molecular weight is 391 g/mol. The SMILES string of the molecule is O=C1OC[C@@H](Cc2ccccc2)N1C(=O)[C@@H]1CCCO[C@@H]1C=Cc1ccccc1. The Morgan fingerprint density at radius 3 is 2.55 bits per heavy atom. The Bertz CT molecular complexity index is 865. The molecule has 2 amide bonds. The lowest BCUT2D eigenvalue weighted by Crippen LogP contribution is -2.47. The number of carbonyl (C=O) groups excluding carboxylic acids is 2. The summed E-state index contributed by atoms with van der Waals surface area (Å²) in [4.78, 5) is 27.0. The minimum atomic E-state index is -0.549. The number of cyclic esters (lactones) is 1. The van der Waals surface area contributed by atoms with Crippen LogP contribution in [-0.2, 0) is 20.7 Å². The largest absolute Gasteiger partial charge is 0.447 e. The van der Waals surface area contributed by atoms with Gasteiger partial charge in [0.1, 0.15) is 6.61 Å². The number of carbonyl (C=O) groups is 2. The number of imide groups is 1. The lowest BCUT2D eigenvalue weighted by molar-refractivity contribution is -0.140. The lowest BCUT2D eigenvalue weighted by Gasteiger charge is -2.32. The zero-order chi connectivity index (χ0) is 20.1. The fraction of sp³-hybridized carbons (Fsp3) is 0.333. The van der Waals surface area contributed by atoms with Gasteiger partial charge in [-0.25, -0.2) is 9.69 Å². The zero-order valence-electron chi connectivity index (χ0n) is 16.3. The molecule has 0 unspecified atom stereocenters. The number of nitrogens with zero attached hydrogens (tertiary/aromatic N) is 1. The molecule has 2 fully saturated rings. The predicted octanol–water partition coefficient (Wildman–Crippen LogP) is 4.09. The quantitative estimate of drug-likeness (QED) is 0.771. The van der Waals surface area contributed by atoms with Crippen LogP contribution in [0, 0.1) is 5.92 Å². The van der Waals surface area contributed by atoms with Gasteiger partial charge >= 0.3 is 6.09 Å². The molecule has 5 heteroatoms. The normalized spacial score (nSPS) is 24.6. The first kappa shape index (κ1) is 19.4. The molecular formula is C24H25NO4. The van der Waals surface area contributed by atoms with Gasteiger partial charge in [-0.15, -0.1) is 0 Å². The van der Waals surface area contributed by atoms with Gasteiger partial charge in [-0.1, -0.05) is 72.8 Å². The van der Waals surface area contributed by atoms with Crippen molar-refractivity contribution < 1.29 is 19.1 Å². The van der Waals surface area contributed by atoms with Crippen molar-refractivity contribution in [2.24, 2.45) is 5.92 Å². The Hall–Kier alpha value is -2.92. The molecule has 2 saturated heterocycles. The maximum absolute atomic E-state index is 13.3. The van der Waals surface area contributed by atoms with Crippen molar-refractivity contribution in [1.82, 2.24) is 4.90 Å². The van der Waals surface area contributed by atoms with Gasteiger partial charge in [-0.2, -0.15) is 0 Å². The van der Waals surface area contributed by atoms with Crippen LogP contribution in [0.4, 0.5) is 4.79 Å². The van der Waals surface area contributed by atoms with Crippen LogP contribution in [0.15, 0.2) is 66.7 Å². The van der Waals surface area contributed by atoms with Gasteiger partial charge in [0.25, 0.3) is 0 Å². The van der Waals surface area contributed by atoms with E-state index in [4.69, 9.17) is 9.47 Å². The molecule has 0 saturated carbocycles. The molecule has 0 spiro atoms. The van der Waals surface area contributed by atoms with Gasteiger partial charge in [0.2, 0.25) is 5.91 Å². The standard InChI is InChI=1S/C24H25NO4/c26-23(25-20(17-29-24(25)27)16-19-10-5-2-6-11-19)21-12-7-15-28-22(21)14-13-18-8-3-1-4-9-18/h1-6,8-11,13-14,20-22H,7,12,15-17H2/t20-,21-,22-/m1/s1. The van der Waals surface area contributed by atoms with Gasteiger partial charge in [0.15, 0.2) is 0 Å². The number of ether oxygens (including phenoxy) is 2. The maximum Gasteiger partial charge on any atom is 0.416 e. The van der Waals surface area contributed by atoms with Gasteiger partial charge in [-0.05, 0) is 30.4 Å². The molecule has 0 aromatic heterocycles. The minimum Gasteiger partial charge on any atom is -0.447 e. The Morgan fingerprint density at radius 1 is 1.07 bits per heavy atom. The molecule has 0 bridgehead atoms. The first-order chi connectivity index (χ1) is 14.2. The highest BCUT2D eigenvalue weighted by molar-refractivity contribution is 5.95. The van der Waals surface area contributed by atoms with Crippen LogP contribution in [0.5, 0.6) is 0 Å². The van der Waals surface area contributed by atoms with Crippen molar-refractivity contribution >= 4 is 18.1 Å². The fourth-order valence-corrected chi connectivity index (χ4v) is 3.97. The summed E-state index contributed by atoms with van der Waals surface area (Å²) in [5.74, 6) is -0.580. The van der Waals surface area contributed by atoms with Crippen molar-refractivity contribution in [3.63, 3.8) is 0 Å². The smallest absolute Gasteiger partial charge is 0.416 e. The van der Waals surface area contributed by atoms with E-state index in [1.54, 1.807) is 0 Å². The summed E-state index contributed by atoms with van der Waals surface area (Å²) in [7, 11) is 0. The van der Waals surface area contributed by atoms with E-state index in [1.807, 2.05) is 72.8 Å². The van der Waals surface area contributed by atoms with E-state index in [2.05, 4.69) is 0 Å². The highest BCUT2D eigenvalue weighted by Gasteiger charge is 2.43. The molecule has 0 N–H and O–H groups in total. The molecule has 2 heterocycles. The summed E-state index contributed by atoms with van der Waals surface area (Å²) in [5, 5.41) is 0. The lowest BCUT2D eigenvalue weighted by atomic mass is 9.91. The second-order valence-corrected chi connectivity index (χ2v) is 7.48. The van der Waals surface area contributed by atoms with Crippen molar-refractivity contribution in [2.45, 2.75) is 31.4 Å². The third-order valence-electron chi connectivity index (χ3n) is 5.47. The van der Waals surface area contributed by atoms with E-state index >= 15 is 0 Å². The zero-order valence-corrected chi connectivity index (χ0v) is 16.3. The number of rotatable bonds is 5. The highest BCUT2D eigenvalue weighted by atomic mass is 16.6. The summed E-state index contributed by atoms with van der Waals surface area (Å²) < 4.78 is 11.1. The van der Waals surface area contributed by atoms with Gasteiger partial charge in [-0.3, -0.25) is 4.79 Å². The number of hydrogen-bond donors (Lipinski definition) is 0. The van der Waals surface area contributed by atoms with Crippen molar-refractivity contribution in [3.05, 3.63) is 77.9 Å². The third kappa shape index (κ3) is 4.57. The van der Waals surface area contributed by atoms with Crippen molar-refractivity contribution in [3.8, 4) is 0 Å². The van der Waals surface area contributed by atoms with Crippen LogP contribution in [0.25, 0.3) is 6.08 Å². The average Bonchev–Trinajstić information content (AvgIpc) is 3.13. The van der Waals surface area contributed by atoms with Crippen LogP contribution in [-0.4, -0.2) is 42.3 Å². The van der Waals surface area contributed by atoms with Gasteiger partial charge in [0.05, 0.1) is 18.1 Å². The summed E-state index contributed by atoms with van der Waals surface area (Å²) in [6, 6.07) is 19.5. The maximum atomic E-state index is 13.3. The topological polar surface area (TPSA) is 55.8 Å². The molecule has 0 aliphatic carbocycles. The number of benzene rings is 2. The van der Waals surface area contributed by atoms with E-state index < -0.39 is 6.09 Å². The molecule has 150 valence electrons. The number of hydrogen-bond acceptors (Lipinski definition) is 4. The molecule has 3 atom stereocenters. The molecule has 2 aliphatic heterocycles. The van der Waals surface area contributed by atoms with E-state index in [0.717, 1.165) is 17.5 Å². The molecule has 2 aliphatic rings. The Kier molecular flexibility index (Phi) is 6.06. The van der Waals surface area contributed by atoms with Crippen LogP contribution in [0.1, 0.15) is 24.0 Å². The van der Waals surface area contributed by atoms with Crippen molar-refractivity contribution in [1.29, 1.82) is 0 Å². The highest BCUT2D eigenvalue weighted by Crippen LogP contribution is 2.28. The van der Waals surface area contributed by atoms with Crippen LogP contribution >= 0.6 is 0 Å². The second kappa shape index (κ2) is 9.05.